The summed E-state index contributed by atoms with van der Waals surface area (Å²) < 4.78 is 1.52. The summed E-state index contributed by atoms with van der Waals surface area (Å²) in [6, 6.07) is 0. The zero-order valence-electron chi connectivity index (χ0n) is 15.9. The van der Waals surface area contributed by atoms with Gasteiger partial charge in [-0.15, -0.1) is 5.10 Å². The lowest BCUT2D eigenvalue weighted by Gasteiger charge is -2.50. The standard InChI is InChI=1S/C14H23N5O3.2CH2O2/c1-17-7-4-10(20)14(8-17)5-3-6-19(9-14)13-15-11(12(21)22)16-18(13)2;2*2-1-3/h10,20H,3-9H2,1-2H3,(H,21,22);2*1H,(H,2,3)/t10-,14-;;/m0../s1. The molecule has 2 aliphatic rings. The number of aliphatic hydroxyl groups is 1. The number of piperidine rings is 2. The van der Waals surface area contributed by atoms with E-state index in [1.165, 1.54) is 4.68 Å². The van der Waals surface area contributed by atoms with Crippen LogP contribution in [0, 0.1) is 5.41 Å². The molecule has 3 heterocycles. The van der Waals surface area contributed by atoms with Gasteiger partial charge >= 0.3 is 5.97 Å². The summed E-state index contributed by atoms with van der Waals surface area (Å²) >= 11 is 0. The van der Waals surface area contributed by atoms with Gasteiger partial charge in [0.05, 0.1) is 6.10 Å². The first kappa shape index (κ1) is 23.3. The highest BCUT2D eigenvalue weighted by molar-refractivity contribution is 5.83. The van der Waals surface area contributed by atoms with Crippen LogP contribution in [0.5, 0.6) is 0 Å². The van der Waals surface area contributed by atoms with Crippen LogP contribution >= 0.6 is 0 Å². The molecular formula is C16H27N5O7. The lowest BCUT2D eigenvalue weighted by atomic mass is 9.72. The largest absolute Gasteiger partial charge is 0.483 e. The third-order valence-corrected chi connectivity index (χ3v) is 4.90. The van der Waals surface area contributed by atoms with Gasteiger partial charge in [-0.1, -0.05) is 0 Å². The number of rotatable bonds is 2. The molecule has 0 bridgehead atoms. The van der Waals surface area contributed by atoms with E-state index in [9.17, 15) is 9.90 Å². The topological polar surface area (TPSA) is 169 Å². The van der Waals surface area contributed by atoms with E-state index in [1.54, 1.807) is 7.05 Å². The molecular weight excluding hydrogens is 374 g/mol. The van der Waals surface area contributed by atoms with Gasteiger partial charge in [0.1, 0.15) is 0 Å². The number of nitrogens with zero attached hydrogens (tertiary/aromatic N) is 5. The molecule has 158 valence electrons. The van der Waals surface area contributed by atoms with Gasteiger partial charge in [-0.3, -0.25) is 9.59 Å². The Bertz CT molecular complexity index is 662. The van der Waals surface area contributed by atoms with Crippen molar-refractivity contribution in [1.29, 1.82) is 0 Å². The fourth-order valence-electron chi connectivity index (χ4n) is 3.85. The Hall–Kier alpha value is -2.73. The molecule has 12 nitrogen and oxygen atoms in total. The second kappa shape index (κ2) is 10.6. The van der Waals surface area contributed by atoms with Crippen molar-refractivity contribution in [3.63, 3.8) is 0 Å². The van der Waals surface area contributed by atoms with Crippen molar-refractivity contribution in [3.8, 4) is 0 Å². The minimum atomic E-state index is -1.12. The summed E-state index contributed by atoms with van der Waals surface area (Å²) in [6.07, 6.45) is 2.40. The zero-order valence-corrected chi connectivity index (χ0v) is 15.9. The fraction of sp³-hybridized carbons (Fsp3) is 0.688. The second-order valence-corrected chi connectivity index (χ2v) is 6.80. The minimum absolute atomic E-state index is 0.166. The monoisotopic (exact) mass is 401 g/mol. The zero-order chi connectivity index (χ0) is 21.3. The van der Waals surface area contributed by atoms with Gasteiger partial charge in [0.15, 0.2) is 0 Å². The maximum atomic E-state index is 11.0. The first-order chi connectivity index (χ1) is 13.2. The third-order valence-electron chi connectivity index (χ3n) is 4.90. The Morgan fingerprint density at radius 1 is 1.18 bits per heavy atom. The molecule has 0 saturated carbocycles. The summed E-state index contributed by atoms with van der Waals surface area (Å²) in [7, 11) is 3.79. The number of aromatic carboxylic acids is 1. The van der Waals surface area contributed by atoms with Crippen molar-refractivity contribution in [1.82, 2.24) is 19.7 Å². The molecule has 2 aliphatic heterocycles. The Balaban J connectivity index is 0.000000582. The van der Waals surface area contributed by atoms with E-state index in [0.717, 1.165) is 38.9 Å². The molecule has 0 unspecified atom stereocenters. The minimum Gasteiger partial charge on any atom is -0.483 e. The molecule has 0 aliphatic carbocycles. The van der Waals surface area contributed by atoms with Crippen LogP contribution in [0.1, 0.15) is 29.9 Å². The van der Waals surface area contributed by atoms with Crippen molar-refractivity contribution in [2.45, 2.75) is 25.4 Å². The number of aromatic nitrogens is 3. The summed E-state index contributed by atoms with van der Waals surface area (Å²) in [4.78, 5) is 36.2. The van der Waals surface area contributed by atoms with Crippen molar-refractivity contribution in [2.75, 3.05) is 38.1 Å². The van der Waals surface area contributed by atoms with Crippen LogP contribution in [-0.4, -0.2) is 98.3 Å². The summed E-state index contributed by atoms with van der Waals surface area (Å²) in [5, 5.41) is 37.3. The Morgan fingerprint density at radius 2 is 1.79 bits per heavy atom. The number of carbonyl (C=O) groups is 3. The van der Waals surface area contributed by atoms with Crippen LogP contribution in [0.2, 0.25) is 0 Å². The maximum Gasteiger partial charge on any atom is 0.375 e. The predicted molar refractivity (Wildman–Crippen MR) is 97.3 cm³/mol. The number of aryl methyl sites for hydroxylation is 1. The van der Waals surface area contributed by atoms with Crippen LogP contribution in [0.25, 0.3) is 0 Å². The van der Waals surface area contributed by atoms with Crippen LogP contribution in [0.4, 0.5) is 5.95 Å². The number of hydrogen-bond donors (Lipinski definition) is 4. The van der Waals surface area contributed by atoms with Crippen molar-refractivity contribution < 1.29 is 34.8 Å². The third kappa shape index (κ3) is 5.63. The highest BCUT2D eigenvalue weighted by atomic mass is 16.4. The predicted octanol–water partition coefficient (Wildman–Crippen LogP) is -0.802. The Labute approximate surface area is 162 Å². The Kier molecular flexibility index (Phi) is 8.79. The van der Waals surface area contributed by atoms with Crippen LogP contribution in [-0.2, 0) is 16.6 Å². The molecule has 2 saturated heterocycles. The quantitative estimate of drug-likeness (QED) is 0.457. The second-order valence-electron chi connectivity index (χ2n) is 6.80. The van der Waals surface area contributed by atoms with Crippen molar-refractivity contribution >= 4 is 24.9 Å². The van der Waals surface area contributed by atoms with E-state index in [1.807, 2.05) is 0 Å². The van der Waals surface area contributed by atoms with E-state index in [-0.39, 0.29) is 30.3 Å². The van der Waals surface area contributed by atoms with Gasteiger partial charge in [0.2, 0.25) is 5.95 Å². The molecule has 28 heavy (non-hydrogen) atoms. The van der Waals surface area contributed by atoms with E-state index in [2.05, 4.69) is 26.9 Å². The fourth-order valence-corrected chi connectivity index (χ4v) is 3.85. The highest BCUT2D eigenvalue weighted by Crippen LogP contribution is 2.39. The molecule has 3 rings (SSSR count). The number of hydrogen-bond acceptors (Lipinski definition) is 8. The van der Waals surface area contributed by atoms with Gasteiger partial charge in [0.25, 0.3) is 18.8 Å². The molecule has 2 fully saturated rings. The molecule has 2 atom stereocenters. The maximum absolute atomic E-state index is 11.0. The lowest BCUT2D eigenvalue weighted by molar-refractivity contribution is -0.123. The SMILES string of the molecule is CN1CC[C@H](O)[C@@]2(CCCN(c3nc(C(=O)O)nn3C)C2)C1.O=CO.O=CO. The highest BCUT2D eigenvalue weighted by Gasteiger charge is 2.45. The molecule has 1 aromatic rings. The molecule has 0 aromatic carbocycles. The van der Waals surface area contributed by atoms with Gasteiger partial charge in [-0.25, -0.2) is 9.48 Å². The number of anilines is 1. The molecule has 12 heteroatoms. The summed E-state index contributed by atoms with van der Waals surface area (Å²) in [6.45, 7) is 2.76. The van der Waals surface area contributed by atoms with Gasteiger partial charge < -0.3 is 30.2 Å². The molecule has 1 aromatic heterocycles. The van der Waals surface area contributed by atoms with Gasteiger partial charge in [0, 0.05) is 38.6 Å². The molecule has 0 amide bonds. The lowest BCUT2D eigenvalue weighted by Crippen LogP contribution is -2.58. The van der Waals surface area contributed by atoms with E-state index in [0.29, 0.717) is 12.5 Å². The number of carboxylic acid groups (broad SMARTS) is 3. The van der Waals surface area contributed by atoms with Crippen molar-refractivity contribution in [2.24, 2.45) is 12.5 Å². The van der Waals surface area contributed by atoms with Gasteiger partial charge in [-0.2, -0.15) is 4.98 Å². The average Bonchev–Trinajstić information content (AvgIpc) is 3.02. The van der Waals surface area contributed by atoms with E-state index in [4.69, 9.17) is 24.9 Å². The average molecular weight is 401 g/mol. The normalized spacial score (nSPS) is 24.4. The molecule has 1 spiro atoms. The van der Waals surface area contributed by atoms with Crippen molar-refractivity contribution in [3.05, 3.63) is 5.82 Å². The van der Waals surface area contributed by atoms with E-state index >= 15 is 0 Å². The van der Waals surface area contributed by atoms with Crippen LogP contribution < -0.4 is 4.90 Å². The van der Waals surface area contributed by atoms with E-state index < -0.39 is 5.97 Å². The van der Waals surface area contributed by atoms with Crippen LogP contribution in [0.15, 0.2) is 0 Å². The molecule has 4 N–H and O–H groups in total. The van der Waals surface area contributed by atoms with Crippen LogP contribution in [0.3, 0.4) is 0 Å². The summed E-state index contributed by atoms with van der Waals surface area (Å²) in [5.74, 6) is -0.735. The summed E-state index contributed by atoms with van der Waals surface area (Å²) in [5.41, 5.74) is -0.166. The first-order valence-corrected chi connectivity index (χ1v) is 8.66. The smallest absolute Gasteiger partial charge is 0.375 e. The molecule has 0 radical (unpaired) electrons. The first-order valence-electron chi connectivity index (χ1n) is 8.66. The number of likely N-dealkylation sites (tertiary alicyclic amines) is 1. The number of aliphatic hydroxyl groups excluding tert-OH is 1. The number of carboxylic acids is 1. The Morgan fingerprint density at radius 3 is 2.32 bits per heavy atom. The van der Waals surface area contributed by atoms with Gasteiger partial charge in [-0.05, 0) is 26.3 Å².